The highest BCUT2D eigenvalue weighted by Crippen LogP contribution is 2.30. The number of nitrogens with one attached hydrogen (secondary N) is 2. The summed E-state index contributed by atoms with van der Waals surface area (Å²) in [5.41, 5.74) is 3.18. The summed E-state index contributed by atoms with van der Waals surface area (Å²) in [5.74, 6) is 0.774. The van der Waals surface area contributed by atoms with Crippen molar-refractivity contribution in [1.29, 1.82) is 5.41 Å². The number of anilines is 1. The summed E-state index contributed by atoms with van der Waals surface area (Å²) in [4.78, 5) is 6.92. The summed E-state index contributed by atoms with van der Waals surface area (Å²) in [7, 11) is 0. The van der Waals surface area contributed by atoms with Crippen LogP contribution in [0.5, 0.6) is 0 Å². The summed E-state index contributed by atoms with van der Waals surface area (Å²) in [6.45, 7) is 2.72. The van der Waals surface area contributed by atoms with Crippen molar-refractivity contribution >= 4 is 33.3 Å². The van der Waals surface area contributed by atoms with Crippen molar-refractivity contribution in [2.45, 2.75) is 12.8 Å². The average Bonchev–Trinajstić information content (AvgIpc) is 2.99. The highest BCUT2D eigenvalue weighted by atomic mass is 15.2. The summed E-state index contributed by atoms with van der Waals surface area (Å²) in [6, 6.07) is 16.5. The maximum absolute atomic E-state index is 7.94. The van der Waals surface area contributed by atoms with E-state index in [9.17, 15) is 0 Å². The molecule has 1 fully saturated rings. The molecule has 0 saturated carbocycles. The van der Waals surface area contributed by atoms with Crippen molar-refractivity contribution in [2.75, 3.05) is 25.0 Å². The molecule has 1 aliphatic rings. The number of nitrogens with zero attached hydrogens (tertiary/aromatic N) is 2. The molecule has 0 amide bonds. The molecule has 4 nitrogen and oxygen atoms in total. The molecule has 1 aromatic heterocycles. The molecule has 23 heavy (non-hydrogen) atoms. The Bertz CT molecular complexity index is 818. The van der Waals surface area contributed by atoms with Crippen LogP contribution >= 0.6 is 0 Å². The zero-order valence-corrected chi connectivity index (χ0v) is 13.0. The van der Waals surface area contributed by atoms with Crippen LogP contribution in [-0.4, -0.2) is 35.4 Å². The molecule has 0 bridgehead atoms. The average molecular weight is 304 g/mol. The molecular weight excluding hydrogens is 284 g/mol. The molecule has 2 aromatic carbocycles. The summed E-state index contributed by atoms with van der Waals surface area (Å²) in [5, 5.41) is 13.8. The number of aromatic nitrogens is 1. The fourth-order valence-electron chi connectivity index (χ4n) is 3.32. The maximum Gasteiger partial charge on any atom is 0.0958 e. The van der Waals surface area contributed by atoms with Gasteiger partial charge in [-0.2, -0.15) is 0 Å². The Balaban J connectivity index is 1.67. The molecule has 3 aromatic rings. The van der Waals surface area contributed by atoms with Crippen LogP contribution in [0, 0.1) is 5.41 Å². The third kappa shape index (κ3) is 2.61. The van der Waals surface area contributed by atoms with E-state index in [-0.39, 0.29) is 0 Å². The minimum Gasteiger partial charge on any atom is -0.382 e. The third-order valence-electron chi connectivity index (χ3n) is 4.49. The van der Waals surface area contributed by atoms with Crippen LogP contribution in [0.4, 0.5) is 5.69 Å². The monoisotopic (exact) mass is 304 g/mol. The van der Waals surface area contributed by atoms with E-state index in [1.54, 1.807) is 0 Å². The van der Waals surface area contributed by atoms with Gasteiger partial charge in [-0.25, -0.2) is 4.98 Å². The summed E-state index contributed by atoms with van der Waals surface area (Å²) < 4.78 is 0. The van der Waals surface area contributed by atoms with Gasteiger partial charge in [-0.15, -0.1) is 0 Å². The Morgan fingerprint density at radius 1 is 1.00 bits per heavy atom. The second-order valence-electron chi connectivity index (χ2n) is 5.99. The molecule has 0 spiro atoms. The van der Waals surface area contributed by atoms with Crippen LogP contribution in [0.15, 0.2) is 48.5 Å². The number of hydrogen-bond acceptors (Lipinski definition) is 3. The minimum atomic E-state index is 0.774. The molecule has 1 aliphatic heterocycles. The quantitative estimate of drug-likeness (QED) is 0.719. The minimum absolute atomic E-state index is 0.774. The molecule has 116 valence electrons. The summed E-state index contributed by atoms with van der Waals surface area (Å²) in [6.07, 6.45) is 2.03. The predicted octanol–water partition coefficient (Wildman–Crippen LogP) is 3.87. The number of rotatable bonds is 4. The molecule has 4 heteroatoms. The number of hydrogen-bond donors (Lipinski definition) is 2. The predicted molar refractivity (Wildman–Crippen MR) is 96.3 cm³/mol. The van der Waals surface area contributed by atoms with Gasteiger partial charge in [0.25, 0.3) is 0 Å². The highest BCUT2D eigenvalue weighted by molar-refractivity contribution is 6.07. The van der Waals surface area contributed by atoms with Gasteiger partial charge in [0, 0.05) is 36.8 Å². The summed E-state index contributed by atoms with van der Waals surface area (Å²) >= 11 is 0. The van der Waals surface area contributed by atoms with Crippen LogP contribution in [-0.2, 0) is 0 Å². The van der Waals surface area contributed by atoms with Crippen molar-refractivity contribution in [3.63, 3.8) is 0 Å². The van der Waals surface area contributed by atoms with Gasteiger partial charge in [-0.05, 0) is 18.6 Å². The molecule has 0 radical (unpaired) electrons. The topological polar surface area (TPSA) is 52.0 Å². The molecule has 1 saturated heterocycles. The van der Waals surface area contributed by atoms with E-state index in [2.05, 4.69) is 46.6 Å². The van der Waals surface area contributed by atoms with Crippen LogP contribution in [0.25, 0.3) is 21.8 Å². The molecule has 2 N–H and O–H groups in total. The fraction of sp³-hybridized carbons (Fsp3) is 0.263. The van der Waals surface area contributed by atoms with Crippen LogP contribution in [0.2, 0.25) is 0 Å². The number of benzene rings is 2. The first kappa shape index (κ1) is 14.0. The van der Waals surface area contributed by atoms with Gasteiger partial charge in [0.15, 0.2) is 0 Å². The van der Waals surface area contributed by atoms with Crippen LogP contribution in [0.3, 0.4) is 0 Å². The van der Waals surface area contributed by atoms with Gasteiger partial charge in [0.05, 0.1) is 22.6 Å². The molecule has 0 unspecified atom stereocenters. The largest absolute Gasteiger partial charge is 0.382 e. The lowest BCUT2D eigenvalue weighted by Crippen LogP contribution is -2.29. The highest BCUT2D eigenvalue weighted by Gasteiger charge is 2.16. The molecule has 0 aliphatic carbocycles. The molecule has 0 atom stereocenters. The Morgan fingerprint density at radius 3 is 2.26 bits per heavy atom. The van der Waals surface area contributed by atoms with Crippen molar-refractivity contribution in [3.05, 3.63) is 48.5 Å². The number of amidine groups is 1. The van der Waals surface area contributed by atoms with Crippen molar-refractivity contribution in [1.82, 2.24) is 9.88 Å². The Labute approximate surface area is 135 Å². The molecule has 2 heterocycles. The standard InChI is InChI=1S/C19H20N4/c20-18-10-5-12-23(18)13-11-21-19-14-6-1-3-8-16(14)22-17-9-4-2-7-15(17)19/h1-4,6-9,20H,5,10-13H2,(H,21,22). The second kappa shape index (κ2) is 5.88. The normalized spacial score (nSPS) is 14.8. The first-order chi connectivity index (χ1) is 11.3. The first-order valence-electron chi connectivity index (χ1n) is 8.17. The SMILES string of the molecule is N=C1CCCN1CCNc1c2ccccc2nc2ccccc12. The fourth-order valence-corrected chi connectivity index (χ4v) is 3.32. The Morgan fingerprint density at radius 2 is 1.65 bits per heavy atom. The second-order valence-corrected chi connectivity index (χ2v) is 5.99. The van der Waals surface area contributed by atoms with E-state index in [4.69, 9.17) is 10.4 Å². The number of likely N-dealkylation sites (tertiary alicyclic amines) is 1. The van der Waals surface area contributed by atoms with E-state index in [0.717, 1.165) is 65.8 Å². The van der Waals surface area contributed by atoms with Gasteiger partial charge in [0.2, 0.25) is 0 Å². The van der Waals surface area contributed by atoms with Crippen LogP contribution in [0.1, 0.15) is 12.8 Å². The smallest absolute Gasteiger partial charge is 0.0958 e. The Kier molecular flexibility index (Phi) is 3.58. The van der Waals surface area contributed by atoms with E-state index in [1.807, 2.05) is 12.1 Å². The van der Waals surface area contributed by atoms with Gasteiger partial charge < -0.3 is 10.2 Å². The zero-order valence-electron chi connectivity index (χ0n) is 13.0. The molecule has 4 rings (SSSR count). The van der Waals surface area contributed by atoms with E-state index >= 15 is 0 Å². The van der Waals surface area contributed by atoms with E-state index in [0.29, 0.717) is 0 Å². The number of para-hydroxylation sites is 2. The lowest BCUT2D eigenvalue weighted by Gasteiger charge is -2.19. The zero-order chi connectivity index (χ0) is 15.6. The van der Waals surface area contributed by atoms with E-state index < -0.39 is 0 Å². The lowest BCUT2D eigenvalue weighted by molar-refractivity contribution is 0.467. The Hall–Kier alpha value is -2.62. The van der Waals surface area contributed by atoms with Crippen molar-refractivity contribution in [2.24, 2.45) is 0 Å². The van der Waals surface area contributed by atoms with Gasteiger partial charge in [-0.1, -0.05) is 36.4 Å². The van der Waals surface area contributed by atoms with Gasteiger partial charge in [-0.3, -0.25) is 5.41 Å². The van der Waals surface area contributed by atoms with Crippen molar-refractivity contribution < 1.29 is 0 Å². The number of fused-ring (bicyclic) bond motifs is 2. The van der Waals surface area contributed by atoms with Gasteiger partial charge in [0.1, 0.15) is 0 Å². The number of pyridine rings is 1. The van der Waals surface area contributed by atoms with Gasteiger partial charge >= 0.3 is 0 Å². The maximum atomic E-state index is 7.94. The third-order valence-corrected chi connectivity index (χ3v) is 4.49. The van der Waals surface area contributed by atoms with Crippen LogP contribution < -0.4 is 5.32 Å². The van der Waals surface area contributed by atoms with E-state index in [1.165, 1.54) is 0 Å². The van der Waals surface area contributed by atoms with Crippen molar-refractivity contribution in [3.8, 4) is 0 Å². The molecular formula is C19H20N4. The lowest BCUT2D eigenvalue weighted by atomic mass is 10.1. The first-order valence-corrected chi connectivity index (χ1v) is 8.17.